The lowest BCUT2D eigenvalue weighted by atomic mass is 9.86. The summed E-state index contributed by atoms with van der Waals surface area (Å²) in [7, 11) is 0. The van der Waals surface area contributed by atoms with Crippen molar-refractivity contribution in [3.8, 4) is 0 Å². The highest BCUT2D eigenvalue weighted by molar-refractivity contribution is 6.30. The van der Waals surface area contributed by atoms with Gasteiger partial charge in [0.25, 0.3) is 0 Å². The summed E-state index contributed by atoms with van der Waals surface area (Å²) < 4.78 is 44.0. The Morgan fingerprint density at radius 1 is 0.976 bits per heavy atom. The molecule has 0 unspecified atom stereocenters. The number of carboxylic acid groups (broad SMARTS) is 1. The third-order valence-electron chi connectivity index (χ3n) is 8.91. The van der Waals surface area contributed by atoms with Crippen LogP contribution in [0.5, 0.6) is 0 Å². The Labute approximate surface area is 245 Å². The molecule has 2 aromatic carbocycles. The molecule has 41 heavy (non-hydrogen) atoms. The van der Waals surface area contributed by atoms with Crippen molar-refractivity contribution in [1.29, 1.82) is 0 Å². The highest BCUT2D eigenvalue weighted by atomic mass is 35.5. The molecule has 2 fully saturated rings. The van der Waals surface area contributed by atoms with Crippen LogP contribution >= 0.6 is 11.6 Å². The van der Waals surface area contributed by atoms with E-state index in [4.69, 9.17) is 11.6 Å². The Kier molecular flexibility index (Phi) is 8.84. The molecule has 0 radical (unpaired) electrons. The van der Waals surface area contributed by atoms with Crippen molar-refractivity contribution in [2.45, 2.75) is 71.0 Å². The lowest BCUT2D eigenvalue weighted by Gasteiger charge is -2.47. The monoisotopic (exact) mass is 593 g/mol. The van der Waals surface area contributed by atoms with E-state index in [2.05, 4.69) is 25.7 Å². The molecule has 2 aliphatic heterocycles. The summed E-state index contributed by atoms with van der Waals surface area (Å²) in [6.07, 6.45) is -0.229. The molecule has 0 saturated carbocycles. The van der Waals surface area contributed by atoms with E-state index in [-0.39, 0.29) is 60.6 Å². The van der Waals surface area contributed by atoms with Gasteiger partial charge in [-0.3, -0.25) is 19.4 Å². The van der Waals surface area contributed by atoms with Gasteiger partial charge in [-0.05, 0) is 70.4 Å². The van der Waals surface area contributed by atoms with Crippen LogP contribution in [0.4, 0.5) is 13.2 Å². The predicted molar refractivity (Wildman–Crippen MR) is 153 cm³/mol. The topological polar surface area (TPSA) is 64.1 Å². The molecular formula is C31H39ClF3N3O3. The lowest BCUT2D eigenvalue weighted by Crippen LogP contribution is -2.64. The van der Waals surface area contributed by atoms with Crippen LogP contribution in [0.15, 0.2) is 30.3 Å². The number of benzene rings is 2. The van der Waals surface area contributed by atoms with Crippen molar-refractivity contribution < 1.29 is 27.9 Å². The minimum absolute atomic E-state index is 0.00906. The number of aliphatic carboxylic acids is 1. The van der Waals surface area contributed by atoms with Crippen LogP contribution in [-0.4, -0.2) is 81.5 Å². The largest absolute Gasteiger partial charge is 0.480 e. The molecule has 224 valence electrons. The van der Waals surface area contributed by atoms with E-state index in [0.717, 1.165) is 0 Å². The first kappa shape index (κ1) is 31.3. The third-order valence-corrected chi connectivity index (χ3v) is 9.14. The molecule has 4 atom stereocenters. The molecule has 4 rings (SSSR count). The zero-order valence-electron chi connectivity index (χ0n) is 24.5. The number of rotatable bonds is 6. The normalized spacial score (nSPS) is 24.0. The fraction of sp³-hybridized carbons (Fsp3) is 0.548. The first-order chi connectivity index (χ1) is 19.0. The molecule has 0 spiro atoms. The Balaban J connectivity index is 1.56. The number of carboxylic acids is 1. The smallest absolute Gasteiger partial charge is 0.324 e. The number of amides is 1. The predicted octanol–water partition coefficient (Wildman–Crippen LogP) is 5.50. The molecule has 2 aromatic rings. The maximum absolute atomic E-state index is 15.1. The van der Waals surface area contributed by atoms with Crippen molar-refractivity contribution in [1.82, 2.24) is 14.7 Å². The van der Waals surface area contributed by atoms with Crippen LogP contribution in [0.3, 0.4) is 0 Å². The first-order valence-electron chi connectivity index (χ1n) is 14.0. The van der Waals surface area contributed by atoms with E-state index >= 15 is 4.39 Å². The molecule has 0 bridgehead atoms. The standard InChI is InChI=1S/C31H39ClF3N3O3/c1-18-7-8-20(27(35)26(18)34)14-31(6,29(40)41)36-11-12-38(19(2)15-36)28(39)24-17-37(30(3,4)5)16-23(24)22-10-9-21(32)13-25(22)33/h7-10,13,19,23-24H,11-12,14-17H2,1-6H3,(H,40,41)/t19-,23-,24+,31-/m0/s1. The average molecular weight is 594 g/mol. The van der Waals surface area contributed by atoms with Crippen LogP contribution in [0.25, 0.3) is 0 Å². The Morgan fingerprint density at radius 2 is 1.66 bits per heavy atom. The molecule has 0 aliphatic carbocycles. The van der Waals surface area contributed by atoms with Gasteiger partial charge < -0.3 is 10.0 Å². The third kappa shape index (κ3) is 6.13. The van der Waals surface area contributed by atoms with Gasteiger partial charge in [-0.15, -0.1) is 0 Å². The van der Waals surface area contributed by atoms with E-state index in [0.29, 0.717) is 23.7 Å². The molecule has 2 saturated heterocycles. The van der Waals surface area contributed by atoms with Gasteiger partial charge in [-0.25, -0.2) is 13.2 Å². The van der Waals surface area contributed by atoms with Gasteiger partial charge in [0.2, 0.25) is 5.91 Å². The van der Waals surface area contributed by atoms with Gasteiger partial charge in [0.15, 0.2) is 11.6 Å². The summed E-state index contributed by atoms with van der Waals surface area (Å²) in [4.78, 5) is 32.2. The van der Waals surface area contributed by atoms with Crippen molar-refractivity contribution in [2.24, 2.45) is 5.92 Å². The van der Waals surface area contributed by atoms with E-state index in [1.807, 2.05) is 6.92 Å². The van der Waals surface area contributed by atoms with Gasteiger partial charge in [0, 0.05) is 61.7 Å². The Bertz CT molecular complexity index is 1330. The van der Waals surface area contributed by atoms with Gasteiger partial charge in [-0.2, -0.15) is 0 Å². The second-order valence-electron chi connectivity index (χ2n) is 12.7. The number of aryl methyl sites for hydroxylation is 1. The van der Waals surface area contributed by atoms with Crippen molar-refractivity contribution in [3.05, 3.63) is 69.5 Å². The average Bonchev–Trinajstić information content (AvgIpc) is 3.34. The molecule has 1 amide bonds. The number of carbonyl (C=O) groups excluding carboxylic acids is 1. The number of nitrogens with zero attached hydrogens (tertiary/aromatic N) is 3. The summed E-state index contributed by atoms with van der Waals surface area (Å²) in [6.45, 7) is 12.7. The fourth-order valence-corrected chi connectivity index (χ4v) is 6.34. The molecule has 6 nitrogen and oxygen atoms in total. The minimum atomic E-state index is -1.52. The molecule has 1 N–H and O–H groups in total. The van der Waals surface area contributed by atoms with Crippen molar-refractivity contribution in [2.75, 3.05) is 32.7 Å². The minimum Gasteiger partial charge on any atom is -0.480 e. The zero-order valence-corrected chi connectivity index (χ0v) is 25.2. The van der Waals surface area contributed by atoms with Crippen LogP contribution in [-0.2, 0) is 16.0 Å². The highest BCUT2D eigenvalue weighted by Gasteiger charge is 2.48. The fourth-order valence-electron chi connectivity index (χ4n) is 6.18. The molecule has 10 heteroatoms. The van der Waals surface area contributed by atoms with Crippen molar-refractivity contribution >= 4 is 23.5 Å². The summed E-state index contributed by atoms with van der Waals surface area (Å²) in [5.41, 5.74) is -1.15. The number of halogens is 4. The van der Waals surface area contributed by atoms with Gasteiger partial charge in [-0.1, -0.05) is 29.8 Å². The Hall–Kier alpha value is -2.62. The van der Waals surface area contributed by atoms with E-state index in [1.54, 1.807) is 21.9 Å². The Morgan fingerprint density at radius 3 is 2.24 bits per heavy atom. The second kappa shape index (κ2) is 11.6. The van der Waals surface area contributed by atoms with E-state index in [1.165, 1.54) is 32.0 Å². The van der Waals surface area contributed by atoms with Gasteiger partial charge >= 0.3 is 5.97 Å². The number of hydrogen-bond acceptors (Lipinski definition) is 4. The molecule has 0 aromatic heterocycles. The maximum Gasteiger partial charge on any atom is 0.324 e. The number of carbonyl (C=O) groups is 2. The summed E-state index contributed by atoms with van der Waals surface area (Å²) >= 11 is 6.00. The van der Waals surface area contributed by atoms with Crippen LogP contribution in [0.1, 0.15) is 57.2 Å². The zero-order chi connectivity index (χ0) is 30.4. The quantitative estimate of drug-likeness (QED) is 0.479. The molecule has 2 aliphatic rings. The SMILES string of the molecule is Cc1ccc(C[C@@](C)(C(=O)O)N2CCN(C(=O)[C@@H]3CN(C(C)(C)C)C[C@H]3c3ccc(Cl)cc3F)[C@@H](C)C2)c(F)c1F. The highest BCUT2D eigenvalue weighted by Crippen LogP contribution is 2.39. The van der Waals surface area contributed by atoms with Crippen LogP contribution in [0.2, 0.25) is 5.02 Å². The number of likely N-dealkylation sites (tertiary alicyclic amines) is 1. The van der Waals surface area contributed by atoms with Crippen LogP contribution < -0.4 is 0 Å². The van der Waals surface area contributed by atoms with E-state index < -0.39 is 34.9 Å². The number of piperazine rings is 1. The summed E-state index contributed by atoms with van der Waals surface area (Å²) in [6, 6.07) is 7.08. The summed E-state index contributed by atoms with van der Waals surface area (Å²) in [5.74, 6) is -4.57. The second-order valence-corrected chi connectivity index (χ2v) is 13.1. The van der Waals surface area contributed by atoms with Crippen molar-refractivity contribution in [3.63, 3.8) is 0 Å². The van der Waals surface area contributed by atoms with E-state index in [9.17, 15) is 23.5 Å². The molecular weight excluding hydrogens is 555 g/mol. The van der Waals surface area contributed by atoms with Gasteiger partial charge in [0.05, 0.1) is 5.92 Å². The summed E-state index contributed by atoms with van der Waals surface area (Å²) in [5, 5.41) is 10.5. The van der Waals surface area contributed by atoms with Crippen LogP contribution in [0, 0.1) is 30.3 Å². The molecule has 2 heterocycles. The lowest BCUT2D eigenvalue weighted by molar-refractivity contribution is -0.154. The number of hydrogen-bond donors (Lipinski definition) is 1. The maximum atomic E-state index is 15.1. The van der Waals surface area contributed by atoms with Gasteiger partial charge in [0.1, 0.15) is 11.4 Å². The first-order valence-corrected chi connectivity index (χ1v) is 14.3.